The molecule has 5 heteroatoms. The van der Waals surface area contributed by atoms with E-state index in [1.54, 1.807) is 54.6 Å². The molecule has 2 aromatic carbocycles. The number of aliphatic carboxylic acids is 1. The molecule has 0 fully saturated rings. The summed E-state index contributed by atoms with van der Waals surface area (Å²) in [5.41, 5.74) is 6.99. The number of benzene rings is 2. The molecule has 0 bridgehead atoms. The highest BCUT2D eigenvalue weighted by Gasteiger charge is 2.25. The summed E-state index contributed by atoms with van der Waals surface area (Å²) in [4.78, 5) is 23.5. The summed E-state index contributed by atoms with van der Waals surface area (Å²) in [5, 5.41) is 11.7. The Kier molecular flexibility index (Phi) is 4.68. The molecule has 0 aliphatic heterocycles. The minimum atomic E-state index is -1.13. The molecule has 1 amide bonds. The van der Waals surface area contributed by atoms with Crippen molar-refractivity contribution >= 4 is 11.9 Å². The van der Waals surface area contributed by atoms with E-state index in [9.17, 15) is 14.7 Å². The van der Waals surface area contributed by atoms with E-state index < -0.39 is 24.0 Å². The summed E-state index contributed by atoms with van der Waals surface area (Å²) in [6.45, 7) is 0. The number of carbonyl (C=O) groups is 2. The van der Waals surface area contributed by atoms with Gasteiger partial charge in [0.05, 0.1) is 0 Å². The quantitative estimate of drug-likeness (QED) is 0.778. The third kappa shape index (κ3) is 3.67. The fourth-order valence-electron chi connectivity index (χ4n) is 1.98. The van der Waals surface area contributed by atoms with Crippen molar-refractivity contribution in [3.8, 4) is 0 Å². The van der Waals surface area contributed by atoms with Gasteiger partial charge in [-0.1, -0.05) is 60.7 Å². The lowest BCUT2D eigenvalue weighted by atomic mass is 10.0. The molecule has 21 heavy (non-hydrogen) atoms. The van der Waals surface area contributed by atoms with Gasteiger partial charge in [-0.25, -0.2) is 4.79 Å². The fourth-order valence-corrected chi connectivity index (χ4v) is 1.98. The summed E-state index contributed by atoms with van der Waals surface area (Å²) in [6.07, 6.45) is 0. The van der Waals surface area contributed by atoms with E-state index in [-0.39, 0.29) is 0 Å². The Hall–Kier alpha value is -2.66. The highest BCUT2D eigenvalue weighted by atomic mass is 16.4. The van der Waals surface area contributed by atoms with Gasteiger partial charge in [0.15, 0.2) is 6.04 Å². The maximum atomic E-state index is 12.1. The standard InChI is InChI=1S/C16H16N2O3/c17-13(11-7-3-1-4-8-11)15(19)18-14(16(20)21)12-9-5-2-6-10-12/h1-10,13-14H,17H2,(H,18,19)(H,20,21). The van der Waals surface area contributed by atoms with Gasteiger partial charge in [0.2, 0.25) is 5.91 Å². The molecule has 0 spiro atoms. The fraction of sp³-hybridized carbons (Fsp3) is 0.125. The smallest absolute Gasteiger partial charge is 0.330 e. The molecule has 0 saturated heterocycles. The van der Waals surface area contributed by atoms with Gasteiger partial charge in [-0.2, -0.15) is 0 Å². The molecule has 2 aromatic rings. The van der Waals surface area contributed by atoms with Crippen LogP contribution in [0.1, 0.15) is 23.2 Å². The van der Waals surface area contributed by atoms with Crippen molar-refractivity contribution in [2.45, 2.75) is 12.1 Å². The third-order valence-corrected chi connectivity index (χ3v) is 3.11. The lowest BCUT2D eigenvalue weighted by Crippen LogP contribution is -2.39. The first-order valence-electron chi connectivity index (χ1n) is 6.48. The first-order valence-corrected chi connectivity index (χ1v) is 6.48. The van der Waals surface area contributed by atoms with Crippen LogP contribution >= 0.6 is 0 Å². The predicted molar refractivity (Wildman–Crippen MR) is 78.3 cm³/mol. The summed E-state index contributed by atoms with van der Waals surface area (Å²) in [7, 11) is 0. The maximum absolute atomic E-state index is 12.1. The Morgan fingerprint density at radius 1 is 0.905 bits per heavy atom. The molecule has 0 aliphatic rings. The van der Waals surface area contributed by atoms with Crippen molar-refractivity contribution in [1.29, 1.82) is 0 Å². The number of carboxylic acids is 1. The molecule has 4 N–H and O–H groups in total. The van der Waals surface area contributed by atoms with E-state index in [0.29, 0.717) is 11.1 Å². The zero-order valence-electron chi connectivity index (χ0n) is 11.3. The normalized spacial score (nSPS) is 13.2. The van der Waals surface area contributed by atoms with Gasteiger partial charge in [0.1, 0.15) is 6.04 Å². The molecule has 2 atom stereocenters. The summed E-state index contributed by atoms with van der Waals surface area (Å²) < 4.78 is 0. The Labute approximate surface area is 122 Å². The molecule has 0 radical (unpaired) electrons. The monoisotopic (exact) mass is 284 g/mol. The lowest BCUT2D eigenvalue weighted by Gasteiger charge is -2.18. The maximum Gasteiger partial charge on any atom is 0.330 e. The van der Waals surface area contributed by atoms with Crippen LogP contribution in [0.15, 0.2) is 60.7 Å². The van der Waals surface area contributed by atoms with E-state index in [0.717, 1.165) is 0 Å². The molecule has 0 saturated carbocycles. The van der Waals surface area contributed by atoms with E-state index in [4.69, 9.17) is 5.73 Å². The number of hydrogen-bond donors (Lipinski definition) is 3. The zero-order chi connectivity index (χ0) is 15.2. The van der Waals surface area contributed by atoms with Gasteiger partial charge in [-0.15, -0.1) is 0 Å². The molecular weight excluding hydrogens is 268 g/mol. The molecule has 0 aromatic heterocycles. The largest absolute Gasteiger partial charge is 0.479 e. The second-order valence-electron chi connectivity index (χ2n) is 4.58. The minimum absolute atomic E-state index is 0.499. The molecular formula is C16H16N2O3. The number of amides is 1. The Morgan fingerprint density at radius 2 is 1.38 bits per heavy atom. The van der Waals surface area contributed by atoms with Crippen LogP contribution in [0.4, 0.5) is 0 Å². The van der Waals surface area contributed by atoms with Crippen LogP contribution in [0.25, 0.3) is 0 Å². The molecule has 0 heterocycles. The van der Waals surface area contributed by atoms with Gasteiger partial charge in [-0.05, 0) is 11.1 Å². The average molecular weight is 284 g/mol. The van der Waals surface area contributed by atoms with Crippen molar-refractivity contribution < 1.29 is 14.7 Å². The highest BCUT2D eigenvalue weighted by Crippen LogP contribution is 2.15. The van der Waals surface area contributed by atoms with Gasteiger partial charge in [0.25, 0.3) is 0 Å². The van der Waals surface area contributed by atoms with Crippen LogP contribution in [0.3, 0.4) is 0 Å². The minimum Gasteiger partial charge on any atom is -0.479 e. The topological polar surface area (TPSA) is 92.4 Å². The van der Waals surface area contributed by atoms with Crippen LogP contribution in [0, 0.1) is 0 Å². The van der Waals surface area contributed by atoms with Crippen molar-refractivity contribution in [3.05, 3.63) is 71.8 Å². The number of carboxylic acid groups (broad SMARTS) is 1. The zero-order valence-corrected chi connectivity index (χ0v) is 11.3. The van der Waals surface area contributed by atoms with Gasteiger partial charge < -0.3 is 16.2 Å². The van der Waals surface area contributed by atoms with Gasteiger partial charge in [-0.3, -0.25) is 4.79 Å². The number of hydrogen-bond acceptors (Lipinski definition) is 3. The lowest BCUT2D eigenvalue weighted by molar-refractivity contribution is -0.142. The van der Waals surface area contributed by atoms with Crippen molar-refractivity contribution in [2.24, 2.45) is 5.73 Å². The molecule has 0 aliphatic carbocycles. The number of carbonyl (C=O) groups excluding carboxylic acids is 1. The van der Waals surface area contributed by atoms with Gasteiger partial charge >= 0.3 is 5.97 Å². The number of rotatable bonds is 5. The predicted octanol–water partition coefficient (Wildman–Crippen LogP) is 1.63. The molecule has 108 valence electrons. The summed E-state index contributed by atoms with van der Waals surface area (Å²) in [6, 6.07) is 15.3. The van der Waals surface area contributed by atoms with Crippen molar-refractivity contribution in [1.82, 2.24) is 5.32 Å². The van der Waals surface area contributed by atoms with Crippen LogP contribution in [0.2, 0.25) is 0 Å². The van der Waals surface area contributed by atoms with Crippen LogP contribution in [-0.2, 0) is 9.59 Å². The van der Waals surface area contributed by atoms with E-state index in [1.807, 2.05) is 6.07 Å². The Balaban J connectivity index is 2.14. The third-order valence-electron chi connectivity index (χ3n) is 3.11. The van der Waals surface area contributed by atoms with Gasteiger partial charge in [0, 0.05) is 0 Å². The van der Waals surface area contributed by atoms with E-state index in [1.165, 1.54) is 0 Å². The second-order valence-corrected chi connectivity index (χ2v) is 4.58. The molecule has 2 unspecified atom stereocenters. The highest BCUT2D eigenvalue weighted by molar-refractivity contribution is 5.88. The summed E-state index contributed by atoms with van der Waals surface area (Å²) >= 11 is 0. The average Bonchev–Trinajstić information content (AvgIpc) is 2.53. The Bertz CT molecular complexity index is 614. The molecule has 2 rings (SSSR count). The first-order chi connectivity index (χ1) is 10.1. The van der Waals surface area contributed by atoms with Crippen molar-refractivity contribution in [2.75, 3.05) is 0 Å². The Morgan fingerprint density at radius 3 is 1.86 bits per heavy atom. The van der Waals surface area contributed by atoms with Crippen LogP contribution in [-0.4, -0.2) is 17.0 Å². The SMILES string of the molecule is NC(C(=O)NC(C(=O)O)c1ccccc1)c1ccccc1. The van der Waals surface area contributed by atoms with Crippen molar-refractivity contribution in [3.63, 3.8) is 0 Å². The second kappa shape index (κ2) is 6.67. The summed E-state index contributed by atoms with van der Waals surface area (Å²) in [5.74, 6) is -1.66. The van der Waals surface area contributed by atoms with Crippen LogP contribution in [0.5, 0.6) is 0 Å². The number of nitrogens with two attached hydrogens (primary N) is 1. The van der Waals surface area contributed by atoms with Crippen LogP contribution < -0.4 is 11.1 Å². The number of nitrogens with one attached hydrogen (secondary N) is 1. The first kappa shape index (κ1) is 14.7. The molecule has 5 nitrogen and oxygen atoms in total. The van der Waals surface area contributed by atoms with E-state index >= 15 is 0 Å². The van der Waals surface area contributed by atoms with E-state index in [2.05, 4.69) is 5.32 Å².